The van der Waals surface area contributed by atoms with Crippen molar-refractivity contribution in [2.75, 3.05) is 18.4 Å². The van der Waals surface area contributed by atoms with Crippen LogP contribution in [0.2, 0.25) is 0 Å². The molecule has 1 unspecified atom stereocenters. The Balaban J connectivity index is 1.44. The van der Waals surface area contributed by atoms with Crippen LogP contribution in [0.3, 0.4) is 0 Å². The first kappa shape index (κ1) is 24.7. The van der Waals surface area contributed by atoms with Gasteiger partial charge in [0.1, 0.15) is 5.54 Å². The Bertz CT molecular complexity index is 1230. The molecule has 1 saturated carbocycles. The van der Waals surface area contributed by atoms with Crippen molar-refractivity contribution in [1.29, 1.82) is 0 Å². The molecular formula is C28H33N3O4S. The Morgan fingerprint density at radius 2 is 1.53 bits per heavy atom. The molecule has 2 aromatic rings. The van der Waals surface area contributed by atoms with Gasteiger partial charge < -0.3 is 5.32 Å². The summed E-state index contributed by atoms with van der Waals surface area (Å²) in [5, 5.41) is 3.31. The summed E-state index contributed by atoms with van der Waals surface area (Å²) in [4.78, 5) is 28.7. The van der Waals surface area contributed by atoms with Crippen molar-refractivity contribution in [1.82, 2.24) is 9.21 Å². The molecule has 8 heteroatoms. The predicted molar refractivity (Wildman–Crippen MR) is 140 cm³/mol. The predicted octanol–water partition coefficient (Wildman–Crippen LogP) is 4.43. The lowest BCUT2D eigenvalue weighted by molar-refractivity contribution is -0.142. The topological polar surface area (TPSA) is 86.8 Å². The molecule has 1 N–H and O–H groups in total. The Morgan fingerprint density at radius 3 is 2.19 bits per heavy atom. The van der Waals surface area contributed by atoms with Gasteiger partial charge in [0.25, 0.3) is 5.91 Å². The number of benzene rings is 2. The van der Waals surface area contributed by atoms with Crippen molar-refractivity contribution < 1.29 is 18.0 Å². The summed E-state index contributed by atoms with van der Waals surface area (Å²) >= 11 is 0. The first-order valence-electron chi connectivity index (χ1n) is 12.9. The van der Waals surface area contributed by atoms with Crippen molar-refractivity contribution >= 4 is 33.6 Å². The minimum Gasteiger partial charge on any atom is -0.368 e. The Labute approximate surface area is 213 Å². The van der Waals surface area contributed by atoms with E-state index in [4.69, 9.17) is 0 Å². The maximum Gasteiger partial charge on any atom is 0.259 e. The number of nitrogens with zero attached hydrogens (tertiary/aromatic N) is 2. The van der Waals surface area contributed by atoms with Gasteiger partial charge >= 0.3 is 0 Å². The number of sulfonamides is 1. The van der Waals surface area contributed by atoms with Crippen molar-refractivity contribution in [3.63, 3.8) is 0 Å². The molecule has 2 aliphatic heterocycles. The fourth-order valence-electron chi connectivity index (χ4n) is 5.55. The third kappa shape index (κ3) is 4.84. The Morgan fingerprint density at radius 1 is 0.861 bits per heavy atom. The number of anilines is 1. The molecule has 2 heterocycles. The Hall–Kier alpha value is -2.97. The van der Waals surface area contributed by atoms with Crippen molar-refractivity contribution in [3.05, 3.63) is 66.2 Å². The van der Waals surface area contributed by atoms with Crippen molar-refractivity contribution in [2.45, 2.75) is 67.8 Å². The second-order valence-electron chi connectivity index (χ2n) is 10.0. The zero-order chi connectivity index (χ0) is 25.2. The molecule has 1 aliphatic carbocycles. The van der Waals surface area contributed by atoms with Crippen LogP contribution < -0.4 is 5.32 Å². The molecule has 3 fully saturated rings. The fourth-order valence-corrected chi connectivity index (χ4v) is 7.07. The van der Waals surface area contributed by atoms with E-state index in [1.807, 2.05) is 36.4 Å². The van der Waals surface area contributed by atoms with E-state index in [1.165, 1.54) is 9.21 Å². The molecule has 2 aromatic carbocycles. The molecule has 0 radical (unpaired) electrons. The molecule has 3 aliphatic rings. The van der Waals surface area contributed by atoms with Gasteiger partial charge in [-0.05, 0) is 61.6 Å². The van der Waals surface area contributed by atoms with Crippen LogP contribution in [0.4, 0.5) is 5.69 Å². The lowest BCUT2D eigenvalue weighted by Crippen LogP contribution is -2.48. The monoisotopic (exact) mass is 507 g/mol. The van der Waals surface area contributed by atoms with Crippen LogP contribution in [-0.2, 0) is 19.6 Å². The number of carbonyl (C=O) groups is 2. The van der Waals surface area contributed by atoms with Gasteiger partial charge in [-0.1, -0.05) is 55.7 Å². The number of hydrogen-bond acceptors (Lipinski definition) is 5. The van der Waals surface area contributed by atoms with Gasteiger partial charge in [-0.2, -0.15) is 4.31 Å². The van der Waals surface area contributed by atoms with E-state index >= 15 is 0 Å². The van der Waals surface area contributed by atoms with Crippen LogP contribution >= 0.6 is 0 Å². The van der Waals surface area contributed by atoms with Crippen LogP contribution in [0.5, 0.6) is 0 Å². The molecule has 2 saturated heterocycles. The molecular weight excluding hydrogens is 474 g/mol. The molecule has 190 valence electrons. The van der Waals surface area contributed by atoms with E-state index in [0.29, 0.717) is 18.8 Å². The second kappa shape index (κ2) is 10.2. The van der Waals surface area contributed by atoms with Gasteiger partial charge in [-0.3, -0.25) is 14.5 Å². The van der Waals surface area contributed by atoms with Crippen LogP contribution in [0.1, 0.15) is 56.9 Å². The highest BCUT2D eigenvalue weighted by Crippen LogP contribution is 2.36. The normalized spacial score (nSPS) is 24.2. The summed E-state index contributed by atoms with van der Waals surface area (Å²) in [6.07, 6.45) is 10.3. The van der Waals surface area contributed by atoms with Crippen LogP contribution in [-0.4, -0.2) is 54.1 Å². The molecule has 36 heavy (non-hydrogen) atoms. The fraction of sp³-hybridized carbons (Fsp3) is 0.429. The zero-order valence-electron chi connectivity index (χ0n) is 20.4. The summed E-state index contributed by atoms with van der Waals surface area (Å²) in [7, 11) is -3.52. The number of amides is 2. The number of nitrogens with one attached hydrogen (secondary N) is 1. The van der Waals surface area contributed by atoms with E-state index in [2.05, 4.69) is 5.32 Å². The van der Waals surface area contributed by atoms with Gasteiger partial charge in [0.05, 0.1) is 11.3 Å². The molecule has 7 nitrogen and oxygen atoms in total. The van der Waals surface area contributed by atoms with E-state index < -0.39 is 15.6 Å². The van der Waals surface area contributed by atoms with E-state index in [0.717, 1.165) is 50.5 Å². The lowest BCUT2D eigenvalue weighted by atomic mass is 9.93. The summed E-state index contributed by atoms with van der Waals surface area (Å²) in [6.45, 7) is 1.09. The van der Waals surface area contributed by atoms with E-state index in [9.17, 15) is 18.0 Å². The minimum absolute atomic E-state index is 0.0273. The zero-order valence-corrected chi connectivity index (χ0v) is 21.3. The molecule has 0 aromatic heterocycles. The van der Waals surface area contributed by atoms with Gasteiger partial charge in [0, 0.05) is 24.8 Å². The van der Waals surface area contributed by atoms with Crippen LogP contribution in [0.15, 0.2) is 65.6 Å². The van der Waals surface area contributed by atoms with Crippen molar-refractivity contribution in [2.24, 2.45) is 0 Å². The SMILES string of the molecule is O=C1CC(/C=C/c2ccccc2)(Nc2ccc(S(=O)(=O)N3CCCC3)cc2)C(=O)N1C1CCCCC1. The standard InChI is InChI=1S/C28H33N3O4S/c32-26-21-28(18-17-22-9-3-1-4-10-22,27(33)31(26)24-11-5-2-6-12-24)29-23-13-15-25(16-14-23)36(34,35)30-19-7-8-20-30/h1,3-4,9-10,13-18,24,29H,2,5-8,11-12,19-21H2/b18-17+. The third-order valence-electron chi connectivity index (χ3n) is 7.52. The second-order valence-corrected chi connectivity index (χ2v) is 12.0. The molecule has 5 rings (SSSR count). The highest BCUT2D eigenvalue weighted by molar-refractivity contribution is 7.89. The average Bonchev–Trinajstić information content (AvgIpc) is 3.52. The first-order chi connectivity index (χ1) is 17.4. The van der Waals surface area contributed by atoms with Gasteiger partial charge in [-0.15, -0.1) is 0 Å². The lowest BCUT2D eigenvalue weighted by Gasteiger charge is -2.32. The van der Waals surface area contributed by atoms with Crippen LogP contribution in [0.25, 0.3) is 6.08 Å². The number of likely N-dealkylation sites (tertiary alicyclic amines) is 1. The van der Waals surface area contributed by atoms with Crippen LogP contribution in [0, 0.1) is 0 Å². The minimum atomic E-state index is -3.52. The number of hydrogen-bond donors (Lipinski definition) is 1. The maximum atomic E-state index is 13.9. The summed E-state index contributed by atoms with van der Waals surface area (Å²) in [5.41, 5.74) is 0.307. The molecule has 1 atom stereocenters. The number of imide groups is 1. The largest absolute Gasteiger partial charge is 0.368 e. The first-order valence-corrected chi connectivity index (χ1v) is 14.3. The summed E-state index contributed by atoms with van der Waals surface area (Å²) in [6, 6.07) is 16.1. The molecule has 2 amide bonds. The number of carbonyl (C=O) groups excluding carboxylic acids is 2. The highest BCUT2D eigenvalue weighted by atomic mass is 32.2. The highest BCUT2D eigenvalue weighted by Gasteiger charge is 2.52. The number of rotatable bonds is 7. The average molecular weight is 508 g/mol. The Kier molecular flexibility index (Phi) is 6.99. The van der Waals surface area contributed by atoms with Gasteiger partial charge in [0.15, 0.2) is 0 Å². The van der Waals surface area contributed by atoms with Crippen molar-refractivity contribution in [3.8, 4) is 0 Å². The molecule has 0 spiro atoms. The summed E-state index contributed by atoms with van der Waals surface area (Å²) < 4.78 is 27.3. The maximum absolute atomic E-state index is 13.9. The van der Waals surface area contributed by atoms with E-state index in [1.54, 1.807) is 30.3 Å². The molecule has 0 bridgehead atoms. The smallest absolute Gasteiger partial charge is 0.259 e. The third-order valence-corrected chi connectivity index (χ3v) is 9.44. The summed E-state index contributed by atoms with van der Waals surface area (Å²) in [5.74, 6) is -0.398. The van der Waals surface area contributed by atoms with E-state index in [-0.39, 0.29) is 29.2 Å². The quantitative estimate of drug-likeness (QED) is 0.561. The van der Waals surface area contributed by atoms with Gasteiger partial charge in [0.2, 0.25) is 15.9 Å². The van der Waals surface area contributed by atoms with Gasteiger partial charge in [-0.25, -0.2) is 8.42 Å².